The number of rotatable bonds is 0. The van der Waals surface area contributed by atoms with E-state index in [2.05, 4.69) is 47.6 Å². The van der Waals surface area contributed by atoms with E-state index < -0.39 is 0 Å². The Morgan fingerprint density at radius 2 is 1.55 bits per heavy atom. The SMILES string of the molecule is Cc1cc2c3c(nc4c(c3c1C)C(=O)CC(C)(C)C4)OC1=C2C(=O)CC(C)(C)C1. The van der Waals surface area contributed by atoms with E-state index in [-0.39, 0.29) is 22.4 Å². The van der Waals surface area contributed by atoms with Crippen molar-refractivity contribution in [1.29, 1.82) is 0 Å². The quantitative estimate of drug-likeness (QED) is 0.597. The summed E-state index contributed by atoms with van der Waals surface area (Å²) in [5, 5.41) is 1.77. The lowest BCUT2D eigenvalue weighted by Crippen LogP contribution is -2.31. The molecule has 0 spiro atoms. The van der Waals surface area contributed by atoms with Gasteiger partial charge in [-0.25, -0.2) is 4.98 Å². The molecule has 4 nitrogen and oxygen atoms in total. The van der Waals surface area contributed by atoms with E-state index in [1.165, 1.54) is 0 Å². The van der Waals surface area contributed by atoms with Gasteiger partial charge in [0.1, 0.15) is 5.76 Å². The number of ketones is 2. The second-order valence-electron chi connectivity index (χ2n) is 10.6. The van der Waals surface area contributed by atoms with Gasteiger partial charge in [0.15, 0.2) is 11.6 Å². The van der Waals surface area contributed by atoms with Crippen molar-refractivity contribution in [2.45, 2.75) is 67.2 Å². The summed E-state index contributed by atoms with van der Waals surface area (Å²) in [7, 11) is 0. The van der Waals surface area contributed by atoms with Crippen LogP contribution in [0.3, 0.4) is 0 Å². The minimum absolute atomic E-state index is 0.111. The second kappa shape index (κ2) is 5.56. The number of carbonyl (C=O) groups is 2. The van der Waals surface area contributed by atoms with Crippen LogP contribution in [0, 0.1) is 24.7 Å². The Balaban J connectivity index is 1.89. The predicted octanol–water partition coefficient (Wildman–Crippen LogP) is 5.50. The van der Waals surface area contributed by atoms with Gasteiger partial charge in [0.05, 0.1) is 16.7 Å². The van der Waals surface area contributed by atoms with Gasteiger partial charge in [-0.15, -0.1) is 0 Å². The smallest absolute Gasteiger partial charge is 0.227 e. The zero-order valence-electron chi connectivity index (χ0n) is 18.1. The molecule has 29 heavy (non-hydrogen) atoms. The first-order valence-corrected chi connectivity index (χ1v) is 10.4. The molecule has 150 valence electrons. The number of allylic oxidation sites excluding steroid dienone is 2. The van der Waals surface area contributed by atoms with Crippen LogP contribution in [0.5, 0.6) is 5.88 Å². The highest BCUT2D eigenvalue weighted by atomic mass is 16.5. The van der Waals surface area contributed by atoms with Crippen molar-refractivity contribution >= 4 is 27.9 Å². The number of carbonyl (C=O) groups excluding carboxylic acids is 2. The Hall–Kier alpha value is -2.49. The molecular formula is C25H27NO3. The van der Waals surface area contributed by atoms with Crippen LogP contribution in [0.15, 0.2) is 11.8 Å². The van der Waals surface area contributed by atoms with Crippen LogP contribution in [0.2, 0.25) is 0 Å². The number of fused-ring (bicyclic) bond motifs is 3. The fourth-order valence-electron chi connectivity index (χ4n) is 5.34. The Bertz CT molecular complexity index is 1180. The molecule has 0 fully saturated rings. The molecule has 3 aliphatic rings. The molecule has 0 bridgehead atoms. The van der Waals surface area contributed by atoms with Gasteiger partial charge in [-0.1, -0.05) is 33.8 Å². The van der Waals surface area contributed by atoms with Crippen molar-refractivity contribution in [2.24, 2.45) is 10.8 Å². The monoisotopic (exact) mass is 389 g/mol. The highest BCUT2D eigenvalue weighted by Crippen LogP contribution is 2.50. The average molecular weight is 389 g/mol. The van der Waals surface area contributed by atoms with Crippen LogP contribution in [-0.2, 0) is 11.2 Å². The van der Waals surface area contributed by atoms with E-state index in [4.69, 9.17) is 9.72 Å². The minimum atomic E-state index is -0.127. The molecule has 0 amide bonds. The summed E-state index contributed by atoms with van der Waals surface area (Å²) in [6.45, 7) is 12.5. The number of hydrogen-bond donors (Lipinski definition) is 0. The molecule has 2 aromatic rings. The molecule has 0 atom stereocenters. The van der Waals surface area contributed by atoms with Crippen molar-refractivity contribution in [2.75, 3.05) is 0 Å². The molecule has 1 aliphatic heterocycles. The Kier molecular flexibility index (Phi) is 3.55. The lowest BCUT2D eigenvalue weighted by Gasteiger charge is -2.36. The molecule has 0 radical (unpaired) electrons. The predicted molar refractivity (Wildman–Crippen MR) is 113 cm³/mol. The van der Waals surface area contributed by atoms with E-state index in [9.17, 15) is 9.59 Å². The third-order valence-corrected chi connectivity index (χ3v) is 6.72. The molecule has 4 heteroatoms. The first-order valence-electron chi connectivity index (χ1n) is 10.4. The zero-order chi connectivity index (χ0) is 20.9. The summed E-state index contributed by atoms with van der Waals surface area (Å²) in [5.74, 6) is 1.56. The van der Waals surface area contributed by atoms with Crippen molar-refractivity contribution in [1.82, 2.24) is 4.98 Å². The van der Waals surface area contributed by atoms with Crippen molar-refractivity contribution in [3.8, 4) is 5.88 Å². The van der Waals surface area contributed by atoms with Gasteiger partial charge >= 0.3 is 0 Å². The van der Waals surface area contributed by atoms with E-state index >= 15 is 0 Å². The van der Waals surface area contributed by atoms with E-state index in [0.29, 0.717) is 30.7 Å². The Morgan fingerprint density at radius 1 is 0.897 bits per heavy atom. The first kappa shape index (κ1) is 18.5. The van der Waals surface area contributed by atoms with Crippen LogP contribution in [0.4, 0.5) is 0 Å². The van der Waals surface area contributed by atoms with Crippen LogP contribution in [-0.4, -0.2) is 16.6 Å². The van der Waals surface area contributed by atoms with E-state index in [1.807, 2.05) is 0 Å². The van der Waals surface area contributed by atoms with Crippen molar-refractivity contribution in [3.05, 3.63) is 39.8 Å². The molecule has 5 rings (SSSR count). The number of ether oxygens (including phenoxy) is 1. The molecule has 0 saturated carbocycles. The molecule has 0 saturated heterocycles. The number of nitrogens with zero attached hydrogens (tertiary/aromatic N) is 1. The highest BCUT2D eigenvalue weighted by Gasteiger charge is 2.41. The maximum Gasteiger partial charge on any atom is 0.227 e. The molecule has 2 heterocycles. The van der Waals surface area contributed by atoms with Crippen molar-refractivity contribution < 1.29 is 14.3 Å². The summed E-state index contributed by atoms with van der Waals surface area (Å²) < 4.78 is 6.31. The maximum absolute atomic E-state index is 13.2. The van der Waals surface area contributed by atoms with E-state index in [0.717, 1.165) is 50.9 Å². The molecule has 2 aliphatic carbocycles. The van der Waals surface area contributed by atoms with Gasteiger partial charge in [-0.3, -0.25) is 9.59 Å². The van der Waals surface area contributed by atoms with Crippen LogP contribution < -0.4 is 4.74 Å². The lowest BCUT2D eigenvalue weighted by atomic mass is 9.71. The van der Waals surface area contributed by atoms with Gasteiger partial charge in [0, 0.05) is 35.8 Å². The summed E-state index contributed by atoms with van der Waals surface area (Å²) in [4.78, 5) is 31.1. The third-order valence-electron chi connectivity index (χ3n) is 6.72. The van der Waals surface area contributed by atoms with Gasteiger partial charge in [0.25, 0.3) is 0 Å². The maximum atomic E-state index is 13.2. The molecule has 1 aromatic heterocycles. The van der Waals surface area contributed by atoms with Gasteiger partial charge in [0.2, 0.25) is 5.88 Å². The third kappa shape index (κ3) is 2.61. The molecule has 0 unspecified atom stereocenters. The zero-order valence-corrected chi connectivity index (χ0v) is 18.1. The second-order valence-corrected chi connectivity index (χ2v) is 10.6. The fraction of sp³-hybridized carbons (Fsp3) is 0.480. The van der Waals surface area contributed by atoms with Gasteiger partial charge < -0.3 is 4.74 Å². The fourth-order valence-corrected chi connectivity index (χ4v) is 5.34. The Morgan fingerprint density at radius 3 is 2.28 bits per heavy atom. The number of pyridine rings is 1. The summed E-state index contributed by atoms with van der Waals surface area (Å²) in [6.07, 6.45) is 2.48. The number of aromatic nitrogens is 1. The summed E-state index contributed by atoms with van der Waals surface area (Å²) in [5.41, 5.74) is 5.09. The van der Waals surface area contributed by atoms with Crippen LogP contribution >= 0.6 is 0 Å². The molecule has 1 aromatic carbocycles. The standard InChI is InChI=1S/C25H27NO3/c1-12-7-14-20-16(27)9-25(5,6)11-18(20)29-23-21(14)19(13(12)2)22-15(26-23)8-24(3,4)10-17(22)28/h7H,8-11H2,1-6H3. The first-order chi connectivity index (χ1) is 13.5. The number of aryl methyl sites for hydroxylation is 2. The summed E-state index contributed by atoms with van der Waals surface area (Å²) in [6, 6.07) is 2.08. The highest BCUT2D eigenvalue weighted by molar-refractivity contribution is 6.27. The lowest BCUT2D eigenvalue weighted by molar-refractivity contribution is -0.116. The largest absolute Gasteiger partial charge is 0.442 e. The van der Waals surface area contributed by atoms with Crippen LogP contribution in [0.1, 0.15) is 79.7 Å². The van der Waals surface area contributed by atoms with E-state index in [1.54, 1.807) is 0 Å². The van der Waals surface area contributed by atoms with Crippen LogP contribution in [0.25, 0.3) is 16.3 Å². The topological polar surface area (TPSA) is 56.3 Å². The number of hydrogen-bond acceptors (Lipinski definition) is 4. The Labute approximate surface area is 171 Å². The van der Waals surface area contributed by atoms with Gasteiger partial charge in [-0.05, 0) is 42.2 Å². The van der Waals surface area contributed by atoms with Gasteiger partial charge in [-0.2, -0.15) is 0 Å². The number of benzene rings is 1. The average Bonchev–Trinajstić information content (AvgIpc) is 2.55. The van der Waals surface area contributed by atoms with Crippen molar-refractivity contribution in [3.63, 3.8) is 0 Å². The summed E-state index contributed by atoms with van der Waals surface area (Å²) >= 11 is 0. The number of Topliss-reactive ketones (excluding diaryl/α,β-unsaturated/α-hetero) is 2. The minimum Gasteiger partial charge on any atom is -0.442 e. The molecular weight excluding hydrogens is 362 g/mol. The molecule has 0 N–H and O–H groups in total. The normalized spacial score (nSPS) is 21.7.